The van der Waals surface area contributed by atoms with Crippen molar-refractivity contribution in [3.8, 4) is 0 Å². The van der Waals surface area contributed by atoms with Crippen LogP contribution < -0.4 is 10.2 Å². The summed E-state index contributed by atoms with van der Waals surface area (Å²) >= 11 is 5.01. The van der Waals surface area contributed by atoms with E-state index < -0.39 is 0 Å². The molecule has 1 aromatic carbocycles. The average molecular weight is 438 g/mol. The van der Waals surface area contributed by atoms with Crippen molar-refractivity contribution < 1.29 is 9.53 Å². The Morgan fingerprint density at radius 2 is 2.15 bits per heavy atom. The Labute approximate surface area is 166 Å². The summed E-state index contributed by atoms with van der Waals surface area (Å²) in [7, 11) is 0. The van der Waals surface area contributed by atoms with E-state index in [1.165, 1.54) is 11.3 Å². The fraction of sp³-hybridized carbons (Fsp3) is 0.474. The number of halogens is 1. The minimum Gasteiger partial charge on any atom is -0.378 e. The Bertz CT molecular complexity index is 772. The average Bonchev–Trinajstić information content (AvgIpc) is 3.01. The number of unbranched alkanes of at least 4 members (excludes halogenated alkanes) is 1. The van der Waals surface area contributed by atoms with Gasteiger partial charge in [0.05, 0.1) is 35.3 Å². The van der Waals surface area contributed by atoms with Crippen LogP contribution in [0.15, 0.2) is 22.7 Å². The highest BCUT2D eigenvalue weighted by atomic mass is 79.9. The van der Waals surface area contributed by atoms with Crippen molar-refractivity contribution in [1.82, 2.24) is 4.98 Å². The van der Waals surface area contributed by atoms with Crippen LogP contribution in [0.25, 0.3) is 0 Å². The fourth-order valence-electron chi connectivity index (χ4n) is 2.97. The number of amides is 1. The zero-order valence-electron chi connectivity index (χ0n) is 15.2. The largest absolute Gasteiger partial charge is 0.378 e. The van der Waals surface area contributed by atoms with Gasteiger partial charge in [-0.1, -0.05) is 29.3 Å². The molecule has 1 fully saturated rings. The summed E-state index contributed by atoms with van der Waals surface area (Å²) in [6.45, 7) is 7.13. The molecule has 0 aliphatic carbocycles. The van der Waals surface area contributed by atoms with Crippen molar-refractivity contribution in [2.24, 2.45) is 0 Å². The molecule has 5 nitrogen and oxygen atoms in total. The van der Waals surface area contributed by atoms with Gasteiger partial charge in [0.1, 0.15) is 4.88 Å². The van der Waals surface area contributed by atoms with Crippen molar-refractivity contribution in [1.29, 1.82) is 0 Å². The van der Waals surface area contributed by atoms with E-state index in [2.05, 4.69) is 38.1 Å². The molecule has 1 saturated heterocycles. The Hall–Kier alpha value is -1.44. The van der Waals surface area contributed by atoms with E-state index in [9.17, 15) is 4.79 Å². The standard InChI is InChI=1S/C19H24BrN3O2S/c1-3-4-5-17-21-13(2)18(26-17)19(24)22-15-12-14(20)6-7-16(15)23-8-10-25-11-9-23/h6-7,12H,3-5,8-11H2,1-2H3,(H,22,24). The number of morpholine rings is 1. The van der Waals surface area contributed by atoms with E-state index in [-0.39, 0.29) is 5.91 Å². The Morgan fingerprint density at radius 3 is 2.88 bits per heavy atom. The lowest BCUT2D eigenvalue weighted by atomic mass is 10.2. The molecule has 0 bridgehead atoms. The second-order valence-electron chi connectivity index (χ2n) is 6.34. The number of hydrogen-bond donors (Lipinski definition) is 1. The predicted octanol–water partition coefficient (Wildman–Crippen LogP) is 4.65. The van der Waals surface area contributed by atoms with Crippen molar-refractivity contribution in [2.75, 3.05) is 36.5 Å². The molecule has 1 amide bonds. The molecule has 0 radical (unpaired) electrons. The number of aromatic nitrogens is 1. The number of aryl methyl sites for hydroxylation is 2. The third-order valence-electron chi connectivity index (χ3n) is 4.35. The van der Waals surface area contributed by atoms with Gasteiger partial charge in [-0.15, -0.1) is 11.3 Å². The molecule has 2 aromatic rings. The summed E-state index contributed by atoms with van der Waals surface area (Å²) in [5.41, 5.74) is 2.65. The van der Waals surface area contributed by atoms with Gasteiger partial charge >= 0.3 is 0 Å². The van der Waals surface area contributed by atoms with Gasteiger partial charge in [-0.3, -0.25) is 4.79 Å². The summed E-state index contributed by atoms with van der Waals surface area (Å²) in [4.78, 5) is 20.4. The quantitative estimate of drug-likeness (QED) is 0.714. The van der Waals surface area contributed by atoms with Crippen LogP contribution in [0.3, 0.4) is 0 Å². The number of ether oxygens (including phenoxy) is 1. The number of anilines is 2. The molecule has 1 N–H and O–H groups in total. The van der Waals surface area contributed by atoms with E-state index in [1.807, 2.05) is 25.1 Å². The van der Waals surface area contributed by atoms with Crippen molar-refractivity contribution in [3.05, 3.63) is 38.3 Å². The number of benzene rings is 1. The van der Waals surface area contributed by atoms with Crippen LogP contribution in [0.1, 0.15) is 40.1 Å². The number of hydrogen-bond acceptors (Lipinski definition) is 5. The van der Waals surface area contributed by atoms with Gasteiger partial charge in [-0.25, -0.2) is 4.98 Å². The summed E-state index contributed by atoms with van der Waals surface area (Å²) in [6, 6.07) is 6.00. The lowest BCUT2D eigenvalue weighted by Gasteiger charge is -2.30. The number of nitrogens with one attached hydrogen (secondary N) is 1. The molecule has 0 atom stereocenters. The number of thiazole rings is 1. The second kappa shape index (κ2) is 8.97. The zero-order chi connectivity index (χ0) is 18.5. The van der Waals surface area contributed by atoms with Crippen LogP contribution in [0.5, 0.6) is 0 Å². The fourth-order valence-corrected chi connectivity index (χ4v) is 4.33. The SMILES string of the molecule is CCCCc1nc(C)c(C(=O)Nc2cc(Br)ccc2N2CCOCC2)s1. The van der Waals surface area contributed by atoms with Crippen LogP contribution in [0.2, 0.25) is 0 Å². The van der Waals surface area contributed by atoms with E-state index in [0.29, 0.717) is 18.1 Å². The Balaban J connectivity index is 1.80. The lowest BCUT2D eigenvalue weighted by molar-refractivity contribution is 0.103. The summed E-state index contributed by atoms with van der Waals surface area (Å²) < 4.78 is 6.38. The first kappa shape index (κ1) is 19.3. The monoisotopic (exact) mass is 437 g/mol. The molecule has 140 valence electrons. The van der Waals surface area contributed by atoms with E-state index in [0.717, 1.165) is 58.9 Å². The molecular formula is C19H24BrN3O2S. The van der Waals surface area contributed by atoms with Gasteiger partial charge in [0.25, 0.3) is 5.91 Å². The highest BCUT2D eigenvalue weighted by molar-refractivity contribution is 9.10. The van der Waals surface area contributed by atoms with Crippen molar-refractivity contribution in [2.45, 2.75) is 33.1 Å². The summed E-state index contributed by atoms with van der Waals surface area (Å²) in [6.07, 6.45) is 3.16. The minimum atomic E-state index is -0.0876. The maximum absolute atomic E-state index is 12.9. The van der Waals surface area contributed by atoms with Gasteiger partial charge in [0, 0.05) is 17.6 Å². The highest BCUT2D eigenvalue weighted by Gasteiger charge is 2.20. The van der Waals surface area contributed by atoms with Crippen LogP contribution in [-0.4, -0.2) is 37.2 Å². The highest BCUT2D eigenvalue weighted by Crippen LogP contribution is 2.31. The lowest BCUT2D eigenvalue weighted by Crippen LogP contribution is -2.36. The first-order valence-electron chi connectivity index (χ1n) is 8.98. The first-order chi connectivity index (χ1) is 12.6. The molecule has 3 rings (SSSR count). The van der Waals surface area contributed by atoms with Gasteiger partial charge < -0.3 is 15.0 Å². The van der Waals surface area contributed by atoms with Crippen molar-refractivity contribution >= 4 is 44.5 Å². The zero-order valence-corrected chi connectivity index (χ0v) is 17.6. The van der Waals surface area contributed by atoms with Crippen LogP contribution in [-0.2, 0) is 11.2 Å². The van der Waals surface area contributed by atoms with Gasteiger partial charge in [-0.05, 0) is 38.0 Å². The van der Waals surface area contributed by atoms with Crippen LogP contribution in [0.4, 0.5) is 11.4 Å². The topological polar surface area (TPSA) is 54.5 Å². The molecule has 0 spiro atoms. The molecule has 26 heavy (non-hydrogen) atoms. The molecule has 1 aliphatic heterocycles. The summed E-state index contributed by atoms with van der Waals surface area (Å²) in [5.74, 6) is -0.0876. The van der Waals surface area contributed by atoms with Gasteiger partial charge in [0.15, 0.2) is 0 Å². The number of carbonyl (C=O) groups is 1. The van der Waals surface area contributed by atoms with Crippen LogP contribution >= 0.6 is 27.3 Å². The van der Waals surface area contributed by atoms with E-state index in [4.69, 9.17) is 4.74 Å². The number of nitrogens with zero attached hydrogens (tertiary/aromatic N) is 2. The van der Waals surface area contributed by atoms with Gasteiger partial charge in [0.2, 0.25) is 0 Å². The molecule has 1 aromatic heterocycles. The molecular weight excluding hydrogens is 414 g/mol. The third kappa shape index (κ3) is 4.64. The predicted molar refractivity (Wildman–Crippen MR) is 111 cm³/mol. The molecule has 0 unspecified atom stereocenters. The molecule has 7 heteroatoms. The number of carbonyl (C=O) groups excluding carboxylic acids is 1. The van der Waals surface area contributed by atoms with Gasteiger partial charge in [-0.2, -0.15) is 0 Å². The maximum Gasteiger partial charge on any atom is 0.267 e. The normalized spacial score (nSPS) is 14.5. The first-order valence-corrected chi connectivity index (χ1v) is 10.6. The van der Waals surface area contributed by atoms with E-state index >= 15 is 0 Å². The Kier molecular flexibility index (Phi) is 6.67. The minimum absolute atomic E-state index is 0.0876. The Morgan fingerprint density at radius 1 is 1.38 bits per heavy atom. The summed E-state index contributed by atoms with van der Waals surface area (Å²) in [5, 5.41) is 4.13. The number of rotatable bonds is 6. The van der Waals surface area contributed by atoms with E-state index in [1.54, 1.807) is 0 Å². The molecule has 2 heterocycles. The third-order valence-corrected chi connectivity index (χ3v) is 6.06. The second-order valence-corrected chi connectivity index (χ2v) is 8.34. The smallest absolute Gasteiger partial charge is 0.267 e. The maximum atomic E-state index is 12.9. The molecule has 0 saturated carbocycles. The molecule has 1 aliphatic rings. The van der Waals surface area contributed by atoms with Crippen molar-refractivity contribution in [3.63, 3.8) is 0 Å². The van der Waals surface area contributed by atoms with Crippen LogP contribution in [0, 0.1) is 6.92 Å².